The highest BCUT2D eigenvalue weighted by molar-refractivity contribution is 5.40. The van der Waals surface area contributed by atoms with Crippen LogP contribution in [0, 0.1) is 6.08 Å². The summed E-state index contributed by atoms with van der Waals surface area (Å²) in [4.78, 5) is 0. The Kier molecular flexibility index (Phi) is 3.45. The SMILES string of the molecule is C=[C]c1cc(OC)cc(OC(F)F)c1. The Morgan fingerprint density at radius 1 is 1.29 bits per heavy atom. The van der Waals surface area contributed by atoms with Gasteiger partial charge in [-0.3, -0.25) is 0 Å². The third kappa shape index (κ3) is 2.73. The van der Waals surface area contributed by atoms with E-state index in [0.717, 1.165) is 0 Å². The smallest absolute Gasteiger partial charge is 0.387 e. The Labute approximate surface area is 80.8 Å². The van der Waals surface area contributed by atoms with Gasteiger partial charge in [0.1, 0.15) is 11.5 Å². The third-order valence-corrected chi connectivity index (χ3v) is 1.55. The van der Waals surface area contributed by atoms with Crippen molar-refractivity contribution in [1.82, 2.24) is 0 Å². The van der Waals surface area contributed by atoms with Gasteiger partial charge in [0.25, 0.3) is 0 Å². The standard InChI is InChI=1S/C10H9F2O2/c1-3-7-4-8(13-2)6-9(5-7)14-10(11)12/h4-6,10H,1H2,2H3. The van der Waals surface area contributed by atoms with Crippen molar-refractivity contribution >= 4 is 0 Å². The van der Waals surface area contributed by atoms with Crippen molar-refractivity contribution in [1.29, 1.82) is 0 Å². The second-order valence-electron chi connectivity index (χ2n) is 2.45. The summed E-state index contributed by atoms with van der Waals surface area (Å²) in [5.74, 6) is 0.458. The van der Waals surface area contributed by atoms with Crippen LogP contribution in [-0.4, -0.2) is 13.7 Å². The molecule has 0 N–H and O–H groups in total. The number of ether oxygens (including phenoxy) is 2. The zero-order valence-electron chi connectivity index (χ0n) is 7.59. The molecule has 0 fully saturated rings. The molecule has 0 atom stereocenters. The first kappa shape index (κ1) is 10.5. The molecule has 0 saturated carbocycles. The molecule has 0 saturated heterocycles. The molecule has 0 aliphatic carbocycles. The summed E-state index contributed by atoms with van der Waals surface area (Å²) in [7, 11) is 1.44. The predicted molar refractivity (Wildman–Crippen MR) is 47.6 cm³/mol. The molecule has 4 heteroatoms. The van der Waals surface area contributed by atoms with E-state index in [1.54, 1.807) is 6.07 Å². The molecule has 0 unspecified atom stereocenters. The first-order chi connectivity index (χ1) is 6.65. The molecule has 0 spiro atoms. The van der Waals surface area contributed by atoms with Gasteiger partial charge in [-0.05, 0) is 23.8 Å². The molecule has 0 amide bonds. The lowest BCUT2D eigenvalue weighted by Crippen LogP contribution is -2.02. The summed E-state index contributed by atoms with van der Waals surface area (Å²) in [5, 5.41) is 0. The number of methoxy groups -OCH3 is 1. The molecular weight excluding hydrogens is 190 g/mol. The minimum absolute atomic E-state index is 0.0329. The fraction of sp³-hybridized carbons (Fsp3) is 0.200. The van der Waals surface area contributed by atoms with E-state index in [1.807, 2.05) is 0 Å². The quantitative estimate of drug-likeness (QED) is 0.742. The van der Waals surface area contributed by atoms with Crippen molar-refractivity contribution in [3.63, 3.8) is 0 Å². The van der Waals surface area contributed by atoms with Crippen LogP contribution >= 0.6 is 0 Å². The first-order valence-electron chi connectivity index (χ1n) is 3.82. The molecule has 0 aliphatic rings. The van der Waals surface area contributed by atoms with Gasteiger partial charge in [0.15, 0.2) is 0 Å². The molecule has 75 valence electrons. The predicted octanol–water partition coefficient (Wildman–Crippen LogP) is 2.63. The van der Waals surface area contributed by atoms with E-state index in [0.29, 0.717) is 11.3 Å². The van der Waals surface area contributed by atoms with Crippen LogP contribution in [0.2, 0.25) is 0 Å². The van der Waals surface area contributed by atoms with Gasteiger partial charge >= 0.3 is 6.61 Å². The lowest BCUT2D eigenvalue weighted by Gasteiger charge is -2.07. The van der Waals surface area contributed by atoms with Gasteiger partial charge in [-0.2, -0.15) is 8.78 Å². The van der Waals surface area contributed by atoms with E-state index in [4.69, 9.17) is 4.74 Å². The van der Waals surface area contributed by atoms with Crippen LogP contribution in [0.5, 0.6) is 11.5 Å². The van der Waals surface area contributed by atoms with Crippen LogP contribution in [0.15, 0.2) is 24.8 Å². The number of benzene rings is 1. The maximum atomic E-state index is 11.9. The van der Waals surface area contributed by atoms with Crippen molar-refractivity contribution in [2.75, 3.05) is 7.11 Å². The summed E-state index contributed by atoms with van der Waals surface area (Å²) < 4.78 is 32.9. The van der Waals surface area contributed by atoms with Gasteiger partial charge in [0, 0.05) is 6.07 Å². The molecule has 0 bridgehead atoms. The van der Waals surface area contributed by atoms with E-state index in [2.05, 4.69) is 17.4 Å². The summed E-state index contributed by atoms with van der Waals surface area (Å²) in [6.45, 7) is 0.556. The van der Waals surface area contributed by atoms with Crippen LogP contribution in [0.25, 0.3) is 0 Å². The highest BCUT2D eigenvalue weighted by Crippen LogP contribution is 2.23. The normalized spacial score (nSPS) is 10.0. The molecule has 1 aromatic rings. The Hall–Kier alpha value is -1.58. The third-order valence-electron chi connectivity index (χ3n) is 1.55. The van der Waals surface area contributed by atoms with Crippen LogP contribution in [0.3, 0.4) is 0 Å². The lowest BCUT2D eigenvalue weighted by atomic mass is 10.2. The van der Waals surface area contributed by atoms with Gasteiger partial charge in [0.05, 0.1) is 7.11 Å². The van der Waals surface area contributed by atoms with Crippen LogP contribution in [0.4, 0.5) is 8.78 Å². The zero-order valence-corrected chi connectivity index (χ0v) is 7.59. The Bertz CT molecular complexity index is 324. The zero-order chi connectivity index (χ0) is 10.6. The van der Waals surface area contributed by atoms with Gasteiger partial charge in [-0.25, -0.2) is 0 Å². The fourth-order valence-electron chi connectivity index (χ4n) is 0.963. The summed E-state index contributed by atoms with van der Waals surface area (Å²) in [6.07, 6.45) is 2.56. The fourth-order valence-corrected chi connectivity index (χ4v) is 0.963. The van der Waals surface area contributed by atoms with Crippen LogP contribution in [0.1, 0.15) is 5.56 Å². The first-order valence-corrected chi connectivity index (χ1v) is 3.82. The lowest BCUT2D eigenvalue weighted by molar-refractivity contribution is -0.0499. The number of alkyl halides is 2. The topological polar surface area (TPSA) is 18.5 Å². The second kappa shape index (κ2) is 4.60. The van der Waals surface area contributed by atoms with Gasteiger partial charge in [-0.15, -0.1) is 0 Å². The molecule has 1 radical (unpaired) electrons. The molecule has 14 heavy (non-hydrogen) atoms. The molecule has 1 rings (SSSR count). The van der Waals surface area contributed by atoms with Crippen LogP contribution in [-0.2, 0) is 0 Å². The Morgan fingerprint density at radius 3 is 2.43 bits per heavy atom. The summed E-state index contributed by atoms with van der Waals surface area (Å²) in [5.41, 5.74) is 0.542. The van der Waals surface area contributed by atoms with Crippen LogP contribution < -0.4 is 9.47 Å². The van der Waals surface area contributed by atoms with E-state index < -0.39 is 6.61 Å². The van der Waals surface area contributed by atoms with E-state index in [-0.39, 0.29) is 5.75 Å². The number of hydrogen-bond acceptors (Lipinski definition) is 2. The maximum absolute atomic E-state index is 11.9. The van der Waals surface area contributed by atoms with Crippen molar-refractivity contribution in [3.8, 4) is 11.5 Å². The molecular formula is C10H9F2O2. The maximum Gasteiger partial charge on any atom is 0.387 e. The minimum Gasteiger partial charge on any atom is -0.497 e. The van der Waals surface area contributed by atoms with E-state index >= 15 is 0 Å². The Morgan fingerprint density at radius 2 is 1.93 bits per heavy atom. The van der Waals surface area contributed by atoms with E-state index in [9.17, 15) is 8.78 Å². The second-order valence-corrected chi connectivity index (χ2v) is 2.45. The number of rotatable bonds is 4. The molecule has 0 aromatic heterocycles. The van der Waals surface area contributed by atoms with Gasteiger partial charge in [-0.1, -0.05) is 6.58 Å². The molecule has 0 aliphatic heterocycles. The Balaban J connectivity index is 2.98. The van der Waals surface area contributed by atoms with Crippen molar-refractivity contribution in [3.05, 3.63) is 36.4 Å². The van der Waals surface area contributed by atoms with Crippen molar-refractivity contribution in [2.24, 2.45) is 0 Å². The van der Waals surface area contributed by atoms with Crippen molar-refractivity contribution < 1.29 is 18.3 Å². The average Bonchev–Trinajstić information content (AvgIpc) is 2.16. The monoisotopic (exact) mass is 199 g/mol. The average molecular weight is 199 g/mol. The highest BCUT2D eigenvalue weighted by Gasteiger charge is 2.06. The summed E-state index contributed by atoms with van der Waals surface area (Å²) in [6, 6.07) is 4.39. The van der Waals surface area contributed by atoms with Gasteiger partial charge in [0.2, 0.25) is 0 Å². The molecule has 1 aromatic carbocycles. The van der Waals surface area contributed by atoms with Crippen molar-refractivity contribution in [2.45, 2.75) is 6.61 Å². The summed E-state index contributed by atoms with van der Waals surface area (Å²) >= 11 is 0. The van der Waals surface area contributed by atoms with E-state index in [1.165, 1.54) is 19.2 Å². The largest absolute Gasteiger partial charge is 0.497 e. The number of hydrogen-bond donors (Lipinski definition) is 0. The molecule has 0 heterocycles. The van der Waals surface area contributed by atoms with Gasteiger partial charge < -0.3 is 9.47 Å². The highest BCUT2D eigenvalue weighted by atomic mass is 19.3. The number of halogens is 2. The minimum atomic E-state index is -2.85. The molecule has 2 nitrogen and oxygen atoms in total.